The Morgan fingerprint density at radius 3 is 2.33 bits per heavy atom. The highest BCUT2D eigenvalue weighted by atomic mass is 35.5. The molecule has 0 radical (unpaired) electrons. The number of allylic oxidation sites excluding steroid dienone is 1. The molecule has 0 unspecified atom stereocenters. The monoisotopic (exact) mass is 255 g/mol. The van der Waals surface area contributed by atoms with Gasteiger partial charge in [0.05, 0.1) is 9.81 Å². The van der Waals surface area contributed by atoms with Crippen molar-refractivity contribution in [3.05, 3.63) is 39.1 Å². The van der Waals surface area contributed by atoms with Crippen molar-refractivity contribution < 1.29 is 0 Å². The van der Waals surface area contributed by atoms with E-state index in [1.807, 2.05) is 30.7 Å². The lowest BCUT2D eigenvalue weighted by molar-refractivity contribution is 1.52. The van der Waals surface area contributed by atoms with Crippen molar-refractivity contribution >= 4 is 40.7 Å². The van der Waals surface area contributed by atoms with Crippen LogP contribution in [0.1, 0.15) is 5.56 Å². The van der Waals surface area contributed by atoms with Gasteiger partial charge in [-0.2, -0.15) is 5.26 Å². The van der Waals surface area contributed by atoms with Crippen LogP contribution in [0.25, 0.3) is 5.57 Å². The molecule has 0 N–H and O–H groups in total. The molecule has 4 heteroatoms. The van der Waals surface area contributed by atoms with Crippen molar-refractivity contribution in [3.63, 3.8) is 0 Å². The molecule has 0 aromatic heterocycles. The third kappa shape index (κ3) is 2.94. The van der Waals surface area contributed by atoms with Crippen molar-refractivity contribution in [1.82, 2.24) is 0 Å². The summed E-state index contributed by atoms with van der Waals surface area (Å²) in [4.78, 5) is 0. The molecule has 15 heavy (non-hydrogen) atoms. The number of nitriles is 1. The molecule has 0 bridgehead atoms. The van der Waals surface area contributed by atoms with Crippen molar-refractivity contribution in [1.29, 1.82) is 5.26 Å². The molecular weight excluding hydrogens is 246 g/mol. The van der Waals surface area contributed by atoms with Crippen LogP contribution >= 0.6 is 35.1 Å². The highest BCUT2D eigenvalue weighted by Gasteiger charge is 2.10. The number of rotatable bonds is 3. The van der Waals surface area contributed by atoms with Crippen LogP contribution in [-0.4, -0.2) is 12.5 Å². The van der Waals surface area contributed by atoms with Crippen LogP contribution in [0.2, 0.25) is 5.02 Å². The first-order chi connectivity index (χ1) is 7.24. The maximum atomic E-state index is 9.14. The zero-order valence-corrected chi connectivity index (χ0v) is 10.8. The summed E-state index contributed by atoms with van der Waals surface area (Å²) in [7, 11) is 0. The summed E-state index contributed by atoms with van der Waals surface area (Å²) in [6.45, 7) is 0. The van der Waals surface area contributed by atoms with E-state index in [1.165, 1.54) is 0 Å². The zero-order chi connectivity index (χ0) is 11.3. The van der Waals surface area contributed by atoms with Gasteiger partial charge in [0, 0.05) is 10.6 Å². The lowest BCUT2D eigenvalue weighted by atomic mass is 10.1. The minimum Gasteiger partial charge on any atom is -0.192 e. The van der Waals surface area contributed by atoms with Gasteiger partial charge in [0.15, 0.2) is 0 Å². The van der Waals surface area contributed by atoms with Crippen LogP contribution in [0.4, 0.5) is 0 Å². The first-order valence-electron chi connectivity index (χ1n) is 4.21. The maximum absolute atomic E-state index is 9.14. The van der Waals surface area contributed by atoms with Crippen molar-refractivity contribution in [2.24, 2.45) is 0 Å². The topological polar surface area (TPSA) is 23.8 Å². The molecule has 0 saturated carbocycles. The fourth-order valence-electron chi connectivity index (χ4n) is 1.17. The number of hydrogen-bond donors (Lipinski definition) is 0. The van der Waals surface area contributed by atoms with Gasteiger partial charge < -0.3 is 0 Å². The van der Waals surface area contributed by atoms with Gasteiger partial charge in [-0.15, -0.1) is 23.5 Å². The van der Waals surface area contributed by atoms with Crippen LogP contribution in [0.15, 0.2) is 28.5 Å². The zero-order valence-electron chi connectivity index (χ0n) is 8.45. The molecule has 0 saturated heterocycles. The highest BCUT2D eigenvalue weighted by molar-refractivity contribution is 8.21. The van der Waals surface area contributed by atoms with Crippen LogP contribution in [0.5, 0.6) is 0 Å². The fraction of sp³-hybridized carbons (Fsp3) is 0.182. The van der Waals surface area contributed by atoms with Crippen LogP contribution < -0.4 is 0 Å². The predicted octanol–water partition coefficient (Wildman–Crippen LogP) is 4.26. The van der Waals surface area contributed by atoms with Crippen molar-refractivity contribution in [2.45, 2.75) is 0 Å². The molecule has 0 spiro atoms. The molecule has 0 heterocycles. The smallest absolute Gasteiger partial charge is 0.102 e. The van der Waals surface area contributed by atoms with Crippen LogP contribution in [0, 0.1) is 11.3 Å². The van der Waals surface area contributed by atoms with Gasteiger partial charge in [-0.05, 0) is 18.6 Å². The van der Waals surface area contributed by atoms with E-state index in [2.05, 4.69) is 6.07 Å². The second kappa shape index (κ2) is 6.12. The van der Waals surface area contributed by atoms with Crippen molar-refractivity contribution in [2.75, 3.05) is 12.5 Å². The van der Waals surface area contributed by atoms with Gasteiger partial charge in [-0.1, -0.05) is 29.8 Å². The molecule has 78 valence electrons. The summed E-state index contributed by atoms with van der Waals surface area (Å²) >= 11 is 9.19. The number of hydrogen-bond acceptors (Lipinski definition) is 3. The lowest BCUT2D eigenvalue weighted by Gasteiger charge is -2.06. The molecule has 0 aliphatic carbocycles. The van der Waals surface area contributed by atoms with E-state index in [0.29, 0.717) is 10.6 Å². The molecule has 0 aliphatic heterocycles. The van der Waals surface area contributed by atoms with E-state index in [-0.39, 0.29) is 0 Å². The Hall–Kier alpha value is -0.560. The van der Waals surface area contributed by atoms with E-state index in [9.17, 15) is 0 Å². The Morgan fingerprint density at radius 2 is 1.87 bits per heavy atom. The third-order valence-electron chi connectivity index (χ3n) is 1.83. The second-order valence-corrected chi connectivity index (χ2v) is 4.96. The molecule has 0 aliphatic rings. The highest BCUT2D eigenvalue weighted by Crippen LogP contribution is 2.35. The van der Waals surface area contributed by atoms with Gasteiger partial charge in [0.25, 0.3) is 0 Å². The number of thioether (sulfide) groups is 2. The van der Waals surface area contributed by atoms with Gasteiger partial charge >= 0.3 is 0 Å². The molecule has 0 atom stereocenters. The molecule has 0 amide bonds. The van der Waals surface area contributed by atoms with Crippen molar-refractivity contribution in [3.8, 4) is 6.07 Å². The Balaban J connectivity index is 3.32. The molecule has 1 rings (SSSR count). The lowest BCUT2D eigenvalue weighted by Crippen LogP contribution is -1.85. The van der Waals surface area contributed by atoms with E-state index >= 15 is 0 Å². The fourth-order valence-corrected chi connectivity index (χ4v) is 2.78. The summed E-state index contributed by atoms with van der Waals surface area (Å²) in [5.74, 6) is 0. The third-order valence-corrected chi connectivity index (χ3v) is 4.31. The number of nitrogens with zero attached hydrogens (tertiary/aromatic N) is 1. The molecule has 1 nitrogen and oxygen atoms in total. The predicted molar refractivity (Wildman–Crippen MR) is 71.0 cm³/mol. The summed E-state index contributed by atoms with van der Waals surface area (Å²) in [5, 5.41) is 9.76. The first-order valence-corrected chi connectivity index (χ1v) is 7.04. The SMILES string of the molecule is CSC(SC)=C(C#N)c1ccccc1Cl. The van der Waals surface area contributed by atoms with Gasteiger partial charge in [-0.25, -0.2) is 0 Å². The van der Waals surface area contributed by atoms with E-state index in [1.54, 1.807) is 29.6 Å². The van der Waals surface area contributed by atoms with Crippen LogP contribution in [-0.2, 0) is 0 Å². The standard InChI is InChI=1S/C11H10ClNS2/c1-14-11(15-2)9(7-13)8-5-3-4-6-10(8)12/h3-6H,1-2H3. The summed E-state index contributed by atoms with van der Waals surface area (Å²) in [5.41, 5.74) is 1.46. The molecule has 1 aromatic carbocycles. The van der Waals surface area contributed by atoms with E-state index < -0.39 is 0 Å². The Kier molecular flexibility index (Phi) is 5.10. The average Bonchev–Trinajstić information content (AvgIpc) is 2.27. The first kappa shape index (κ1) is 12.5. The van der Waals surface area contributed by atoms with Gasteiger partial charge in [0.2, 0.25) is 0 Å². The number of halogens is 1. The quantitative estimate of drug-likeness (QED) is 0.754. The Labute approximate surface area is 104 Å². The summed E-state index contributed by atoms with van der Waals surface area (Å²) in [6.07, 6.45) is 3.92. The summed E-state index contributed by atoms with van der Waals surface area (Å²) in [6, 6.07) is 9.63. The average molecular weight is 256 g/mol. The minimum absolute atomic E-state index is 0.620. The second-order valence-electron chi connectivity index (χ2n) is 2.66. The number of benzene rings is 1. The Bertz CT molecular complexity index is 415. The minimum atomic E-state index is 0.620. The summed E-state index contributed by atoms with van der Waals surface area (Å²) < 4.78 is 0.991. The van der Waals surface area contributed by atoms with E-state index in [0.717, 1.165) is 9.80 Å². The largest absolute Gasteiger partial charge is 0.192 e. The molecular formula is C11H10ClNS2. The van der Waals surface area contributed by atoms with Gasteiger partial charge in [-0.3, -0.25) is 0 Å². The Morgan fingerprint density at radius 1 is 1.27 bits per heavy atom. The molecule has 0 fully saturated rings. The maximum Gasteiger partial charge on any atom is 0.102 e. The molecule has 1 aromatic rings. The van der Waals surface area contributed by atoms with Crippen LogP contribution in [0.3, 0.4) is 0 Å². The van der Waals surface area contributed by atoms with E-state index in [4.69, 9.17) is 16.9 Å². The van der Waals surface area contributed by atoms with Gasteiger partial charge in [0.1, 0.15) is 6.07 Å². The normalized spacial score (nSPS) is 9.47.